The van der Waals surface area contributed by atoms with Crippen LogP contribution in [0.25, 0.3) is 20.2 Å². The predicted molar refractivity (Wildman–Crippen MR) is 87.2 cm³/mol. The molecule has 3 rings (SSSR count). The Hall–Kier alpha value is -0.577. The first kappa shape index (κ1) is 13.4. The van der Waals surface area contributed by atoms with Gasteiger partial charge in [-0.3, -0.25) is 0 Å². The third kappa shape index (κ3) is 2.67. The Bertz CT molecular complexity index is 758. The number of thiophene rings is 1. The summed E-state index contributed by atoms with van der Waals surface area (Å²) in [5.41, 5.74) is 0. The molecular weight excluding hydrogens is 334 g/mol. The summed E-state index contributed by atoms with van der Waals surface area (Å²) in [4.78, 5) is 4.19. The van der Waals surface area contributed by atoms with Gasteiger partial charge in [-0.2, -0.15) is 0 Å². The molecule has 0 aliphatic carbocycles. The van der Waals surface area contributed by atoms with Gasteiger partial charge in [0.2, 0.25) is 0 Å². The van der Waals surface area contributed by atoms with Crippen LogP contribution in [0.3, 0.4) is 0 Å². The van der Waals surface area contributed by atoms with E-state index < -0.39 is 0 Å². The molecule has 0 atom stereocenters. The van der Waals surface area contributed by atoms with Crippen LogP contribution in [0.5, 0.6) is 0 Å². The van der Waals surface area contributed by atoms with E-state index in [2.05, 4.69) is 44.0 Å². The molecule has 3 aromatic rings. The first-order valence-electron chi connectivity index (χ1n) is 6.19. The molecule has 4 heteroatoms. The molecular formula is C15H14ClGeNS. The molecule has 0 aliphatic heterocycles. The summed E-state index contributed by atoms with van der Waals surface area (Å²) < 4.78 is 4.50. The molecule has 0 fully saturated rings. The molecule has 2 radical (unpaired) electrons. The van der Waals surface area contributed by atoms with E-state index in [-0.39, 0.29) is 15.4 Å². The molecule has 2 aromatic heterocycles. The molecule has 19 heavy (non-hydrogen) atoms. The zero-order valence-electron chi connectivity index (χ0n) is 11.1. The van der Waals surface area contributed by atoms with E-state index in [4.69, 9.17) is 11.6 Å². The summed E-state index contributed by atoms with van der Waals surface area (Å²) in [7, 11) is 0. The maximum atomic E-state index is 6.23. The predicted octanol–water partition coefficient (Wildman–Crippen LogP) is 4.65. The molecule has 0 amide bonds. The van der Waals surface area contributed by atoms with Crippen LogP contribution in [-0.4, -0.2) is 20.4 Å². The van der Waals surface area contributed by atoms with Gasteiger partial charge in [0, 0.05) is 0 Å². The van der Waals surface area contributed by atoms with E-state index in [0.29, 0.717) is 9.40 Å². The maximum absolute atomic E-state index is 6.23. The van der Waals surface area contributed by atoms with Crippen LogP contribution in [0, 0.1) is 0 Å². The van der Waals surface area contributed by atoms with Gasteiger partial charge in [-0.1, -0.05) is 0 Å². The quantitative estimate of drug-likeness (QED) is 0.461. The number of nitrogens with zero attached hydrogens (tertiary/aromatic N) is 1. The van der Waals surface area contributed by atoms with Crippen molar-refractivity contribution in [3.8, 4) is 0 Å². The van der Waals surface area contributed by atoms with Crippen LogP contribution in [0.1, 0.15) is 20.8 Å². The van der Waals surface area contributed by atoms with Gasteiger partial charge >= 0.3 is 129 Å². The topological polar surface area (TPSA) is 12.9 Å². The van der Waals surface area contributed by atoms with Crippen molar-refractivity contribution in [2.45, 2.75) is 25.0 Å². The third-order valence-electron chi connectivity index (χ3n) is 2.86. The van der Waals surface area contributed by atoms with E-state index >= 15 is 0 Å². The Labute approximate surface area is 128 Å². The number of benzene rings is 1. The van der Waals surface area contributed by atoms with Gasteiger partial charge in [-0.25, -0.2) is 0 Å². The van der Waals surface area contributed by atoms with Crippen molar-refractivity contribution in [3.05, 3.63) is 35.6 Å². The van der Waals surface area contributed by atoms with Crippen molar-refractivity contribution in [1.82, 2.24) is 4.98 Å². The zero-order chi connectivity index (χ0) is 13.6. The van der Waals surface area contributed by atoms with Crippen molar-refractivity contribution in [2.24, 2.45) is 0 Å². The molecule has 0 saturated heterocycles. The van der Waals surface area contributed by atoms with Gasteiger partial charge in [-0.15, -0.1) is 0 Å². The number of fused-ring (bicyclic) bond motifs is 3. The summed E-state index contributed by atoms with van der Waals surface area (Å²) in [6.07, 6.45) is 1.78. The molecule has 0 N–H and O–H groups in total. The fourth-order valence-electron chi connectivity index (χ4n) is 2.19. The van der Waals surface area contributed by atoms with Crippen LogP contribution in [0.2, 0.25) is 9.40 Å². The van der Waals surface area contributed by atoms with Crippen molar-refractivity contribution < 1.29 is 0 Å². The first-order chi connectivity index (χ1) is 8.94. The second kappa shape index (κ2) is 4.76. The van der Waals surface area contributed by atoms with Crippen LogP contribution >= 0.6 is 22.9 Å². The average molecular weight is 348 g/mol. The van der Waals surface area contributed by atoms with E-state index in [1.165, 1.54) is 19.2 Å². The third-order valence-corrected chi connectivity index (χ3v) is 7.09. The molecule has 2 heterocycles. The number of pyridine rings is 1. The normalized spacial score (nSPS) is 12.4. The molecule has 1 aromatic carbocycles. The second-order valence-electron chi connectivity index (χ2n) is 5.66. The molecule has 0 spiro atoms. The number of hydrogen-bond acceptors (Lipinski definition) is 2. The van der Waals surface area contributed by atoms with E-state index in [1.807, 2.05) is 17.4 Å². The second-order valence-corrected chi connectivity index (χ2v) is 12.0. The minimum absolute atomic E-state index is 0.115. The average Bonchev–Trinajstić information content (AvgIpc) is 2.65. The molecule has 0 bridgehead atoms. The van der Waals surface area contributed by atoms with Gasteiger partial charge in [0.1, 0.15) is 0 Å². The standard InChI is InChI=1S/C15H14ClGeNS/c1-15(2,3)17-9-4-5-10-12(8-9)19-11-6-7-18-14(16)13(10)11/h4-8H,1-3H3. The van der Waals surface area contributed by atoms with Gasteiger partial charge in [0.05, 0.1) is 0 Å². The Kier molecular flexibility index (Phi) is 3.36. The molecule has 0 aliphatic rings. The number of rotatable bonds is 1. The van der Waals surface area contributed by atoms with Crippen LogP contribution < -0.4 is 4.40 Å². The van der Waals surface area contributed by atoms with E-state index in [9.17, 15) is 0 Å². The van der Waals surface area contributed by atoms with Crippen molar-refractivity contribution in [2.75, 3.05) is 0 Å². The Morgan fingerprint density at radius 3 is 2.68 bits per heavy atom. The number of hydrogen-bond donors (Lipinski definition) is 0. The van der Waals surface area contributed by atoms with E-state index in [1.54, 1.807) is 6.20 Å². The monoisotopic (exact) mass is 349 g/mol. The SMILES string of the molecule is C[C](C)(C)[Ge][c]1ccc2c(c1)sc1ccnc(Cl)c12. The molecule has 0 unspecified atom stereocenters. The van der Waals surface area contributed by atoms with Crippen molar-refractivity contribution in [1.29, 1.82) is 0 Å². The fraction of sp³-hybridized carbons (Fsp3) is 0.267. The number of halogens is 1. The summed E-state index contributed by atoms with van der Waals surface area (Å²) in [5.74, 6) is 0. The summed E-state index contributed by atoms with van der Waals surface area (Å²) in [6.45, 7) is 6.97. The number of aromatic nitrogens is 1. The Balaban J connectivity index is 2.20. The van der Waals surface area contributed by atoms with E-state index in [0.717, 1.165) is 5.39 Å². The zero-order valence-corrected chi connectivity index (χ0v) is 14.8. The molecule has 0 saturated carbocycles. The van der Waals surface area contributed by atoms with Crippen molar-refractivity contribution in [3.63, 3.8) is 0 Å². The molecule has 1 nitrogen and oxygen atoms in total. The van der Waals surface area contributed by atoms with Gasteiger partial charge in [-0.05, 0) is 0 Å². The molecule has 96 valence electrons. The van der Waals surface area contributed by atoms with Gasteiger partial charge in [0.15, 0.2) is 0 Å². The summed E-state index contributed by atoms with van der Waals surface area (Å²) >= 11 is 7.92. The Morgan fingerprint density at radius 1 is 1.16 bits per heavy atom. The first-order valence-corrected chi connectivity index (χ1v) is 9.48. The van der Waals surface area contributed by atoms with Crippen molar-refractivity contribution >= 4 is 62.9 Å². The van der Waals surface area contributed by atoms with Crippen LogP contribution in [0.15, 0.2) is 30.5 Å². The van der Waals surface area contributed by atoms with Gasteiger partial charge < -0.3 is 0 Å². The van der Waals surface area contributed by atoms with Crippen LogP contribution in [-0.2, 0) is 0 Å². The van der Waals surface area contributed by atoms with Crippen LogP contribution in [0.4, 0.5) is 0 Å². The summed E-state index contributed by atoms with van der Waals surface area (Å²) in [5, 5.41) is 2.96. The Morgan fingerprint density at radius 2 is 1.95 bits per heavy atom. The van der Waals surface area contributed by atoms with Gasteiger partial charge in [0.25, 0.3) is 0 Å². The minimum atomic E-state index is -0.115. The fourth-order valence-corrected chi connectivity index (χ4v) is 6.49. The summed E-state index contributed by atoms with van der Waals surface area (Å²) in [6, 6.07) is 8.88.